The highest BCUT2D eigenvalue weighted by molar-refractivity contribution is 6.30. The molecule has 0 unspecified atom stereocenters. The van der Waals surface area contributed by atoms with E-state index in [2.05, 4.69) is 10.3 Å². The van der Waals surface area contributed by atoms with E-state index in [1.807, 2.05) is 42.5 Å². The Morgan fingerprint density at radius 2 is 1.79 bits per heavy atom. The summed E-state index contributed by atoms with van der Waals surface area (Å²) in [6.45, 7) is 0. The van der Waals surface area contributed by atoms with Crippen LogP contribution in [0.4, 0.5) is 5.69 Å². The third-order valence-electron chi connectivity index (χ3n) is 4.06. The molecule has 0 atom stereocenters. The van der Waals surface area contributed by atoms with Crippen LogP contribution in [-0.4, -0.2) is 11.7 Å². The third-order valence-corrected chi connectivity index (χ3v) is 4.32. The van der Waals surface area contributed by atoms with E-state index in [0.717, 1.165) is 24.1 Å². The number of carbonyl (C=O) groups is 1. The Balaban J connectivity index is 1.64. The van der Waals surface area contributed by atoms with E-state index in [-0.39, 0.29) is 11.7 Å². The molecule has 0 aromatic heterocycles. The van der Waals surface area contributed by atoms with E-state index in [0.29, 0.717) is 5.02 Å². The standard InChI is InChI=1S/C19H18ClN3O/c20-15-6-8-16(9-7-15)22-13-10-17(21)23-18(24)19(11-12-19)14-4-2-1-3-5-14/h1-10,13,22H,11-12H2,(H2,21,23,24)/b13-10-. The molecule has 3 rings (SSSR count). The summed E-state index contributed by atoms with van der Waals surface area (Å²) in [4.78, 5) is 16.5. The predicted molar refractivity (Wildman–Crippen MR) is 98.2 cm³/mol. The van der Waals surface area contributed by atoms with Gasteiger partial charge in [-0.1, -0.05) is 41.9 Å². The number of nitrogens with two attached hydrogens (primary N) is 1. The molecule has 4 nitrogen and oxygen atoms in total. The van der Waals surface area contributed by atoms with E-state index < -0.39 is 5.41 Å². The minimum Gasteiger partial charge on any atom is -0.384 e. The van der Waals surface area contributed by atoms with Crippen LogP contribution in [0.25, 0.3) is 0 Å². The number of amidine groups is 1. The van der Waals surface area contributed by atoms with Crippen LogP contribution in [0.5, 0.6) is 0 Å². The molecule has 24 heavy (non-hydrogen) atoms. The van der Waals surface area contributed by atoms with Gasteiger partial charge in [0.2, 0.25) is 0 Å². The smallest absolute Gasteiger partial charge is 0.258 e. The average Bonchev–Trinajstić information content (AvgIpc) is 3.39. The van der Waals surface area contributed by atoms with Gasteiger partial charge in [-0.05, 0) is 48.7 Å². The van der Waals surface area contributed by atoms with Gasteiger partial charge in [-0.15, -0.1) is 0 Å². The van der Waals surface area contributed by atoms with Crippen LogP contribution in [0, 0.1) is 0 Å². The number of nitrogens with zero attached hydrogens (tertiary/aromatic N) is 1. The molecular formula is C19H18ClN3O. The van der Waals surface area contributed by atoms with Gasteiger partial charge in [-0.3, -0.25) is 4.79 Å². The number of carbonyl (C=O) groups excluding carboxylic acids is 1. The topological polar surface area (TPSA) is 67.5 Å². The molecule has 2 aromatic carbocycles. The first-order valence-corrected chi connectivity index (χ1v) is 8.11. The van der Waals surface area contributed by atoms with Crippen molar-refractivity contribution in [3.63, 3.8) is 0 Å². The largest absolute Gasteiger partial charge is 0.384 e. The lowest BCUT2D eigenvalue weighted by molar-refractivity contribution is -0.120. The van der Waals surface area contributed by atoms with Crippen molar-refractivity contribution < 1.29 is 4.79 Å². The highest BCUT2D eigenvalue weighted by Crippen LogP contribution is 2.49. The van der Waals surface area contributed by atoms with Gasteiger partial charge in [-0.25, -0.2) is 0 Å². The van der Waals surface area contributed by atoms with E-state index in [1.54, 1.807) is 24.4 Å². The molecule has 1 saturated carbocycles. The molecule has 3 N–H and O–H groups in total. The van der Waals surface area contributed by atoms with Gasteiger partial charge < -0.3 is 11.1 Å². The highest BCUT2D eigenvalue weighted by Gasteiger charge is 2.51. The lowest BCUT2D eigenvalue weighted by Crippen LogP contribution is -2.22. The Kier molecular flexibility index (Phi) is 4.67. The molecule has 0 bridgehead atoms. The first-order chi connectivity index (χ1) is 11.6. The maximum absolute atomic E-state index is 12.5. The summed E-state index contributed by atoms with van der Waals surface area (Å²) in [6.07, 6.45) is 4.86. The maximum Gasteiger partial charge on any atom is 0.258 e. The molecular weight excluding hydrogens is 322 g/mol. The Labute approximate surface area is 146 Å². The first-order valence-electron chi connectivity index (χ1n) is 7.73. The van der Waals surface area contributed by atoms with Gasteiger partial charge in [0.25, 0.3) is 5.91 Å². The van der Waals surface area contributed by atoms with Gasteiger partial charge in [0.1, 0.15) is 5.84 Å². The number of hydrogen-bond acceptors (Lipinski definition) is 2. The van der Waals surface area contributed by atoms with Crippen LogP contribution in [-0.2, 0) is 10.2 Å². The van der Waals surface area contributed by atoms with Crippen molar-refractivity contribution in [1.82, 2.24) is 0 Å². The van der Waals surface area contributed by atoms with Crippen LogP contribution in [0.3, 0.4) is 0 Å². The van der Waals surface area contributed by atoms with Crippen LogP contribution < -0.4 is 11.1 Å². The van der Waals surface area contributed by atoms with Crippen molar-refractivity contribution >= 4 is 29.0 Å². The number of aliphatic imine (C=N–C) groups is 1. The second-order valence-corrected chi connectivity index (χ2v) is 6.21. The summed E-state index contributed by atoms with van der Waals surface area (Å²) in [5.74, 6) is 0.00557. The molecule has 0 heterocycles. The predicted octanol–water partition coefficient (Wildman–Crippen LogP) is 3.88. The fourth-order valence-corrected chi connectivity index (χ4v) is 2.67. The maximum atomic E-state index is 12.5. The zero-order chi connectivity index (χ0) is 17.0. The Hall–Kier alpha value is -2.59. The molecule has 0 aliphatic heterocycles. The molecule has 1 fully saturated rings. The van der Waals surface area contributed by atoms with Crippen molar-refractivity contribution in [3.05, 3.63) is 77.5 Å². The summed E-state index contributed by atoms with van der Waals surface area (Å²) in [6, 6.07) is 17.0. The summed E-state index contributed by atoms with van der Waals surface area (Å²) in [7, 11) is 0. The molecule has 0 saturated heterocycles. The highest BCUT2D eigenvalue weighted by atomic mass is 35.5. The number of halogens is 1. The summed E-state index contributed by atoms with van der Waals surface area (Å²) in [5, 5.41) is 3.72. The fourth-order valence-electron chi connectivity index (χ4n) is 2.54. The SMILES string of the molecule is NC(/C=C\Nc1ccc(Cl)cc1)=NC(=O)C1(c2ccccc2)CC1. The quantitative estimate of drug-likeness (QED) is 0.641. The van der Waals surface area contributed by atoms with Crippen LogP contribution in [0.15, 0.2) is 71.9 Å². The van der Waals surface area contributed by atoms with E-state index in [9.17, 15) is 4.79 Å². The second-order valence-electron chi connectivity index (χ2n) is 5.77. The molecule has 122 valence electrons. The van der Waals surface area contributed by atoms with Crippen LogP contribution >= 0.6 is 11.6 Å². The normalized spacial score (nSPS) is 16.1. The monoisotopic (exact) mass is 339 g/mol. The van der Waals surface area contributed by atoms with Crippen molar-refractivity contribution in [1.29, 1.82) is 0 Å². The zero-order valence-electron chi connectivity index (χ0n) is 13.1. The summed E-state index contributed by atoms with van der Waals surface area (Å²) < 4.78 is 0. The van der Waals surface area contributed by atoms with Crippen molar-refractivity contribution in [2.24, 2.45) is 10.7 Å². The van der Waals surface area contributed by atoms with E-state index >= 15 is 0 Å². The third kappa shape index (κ3) is 3.66. The molecule has 5 heteroatoms. The number of amides is 1. The van der Waals surface area contributed by atoms with Gasteiger partial charge in [0, 0.05) is 16.9 Å². The lowest BCUT2D eigenvalue weighted by atomic mass is 9.95. The minimum atomic E-state index is -0.483. The Morgan fingerprint density at radius 1 is 1.12 bits per heavy atom. The zero-order valence-corrected chi connectivity index (χ0v) is 13.8. The van der Waals surface area contributed by atoms with Crippen LogP contribution in [0.2, 0.25) is 5.02 Å². The summed E-state index contributed by atoms with van der Waals surface area (Å²) in [5.41, 5.74) is 7.25. The molecule has 2 aromatic rings. The number of rotatable bonds is 5. The van der Waals surface area contributed by atoms with Gasteiger partial charge in [-0.2, -0.15) is 4.99 Å². The molecule has 1 aliphatic carbocycles. The number of nitrogens with one attached hydrogen (secondary N) is 1. The molecule has 1 aliphatic rings. The average molecular weight is 340 g/mol. The van der Waals surface area contributed by atoms with Crippen molar-refractivity contribution in [2.45, 2.75) is 18.3 Å². The van der Waals surface area contributed by atoms with Gasteiger partial charge >= 0.3 is 0 Å². The number of benzene rings is 2. The van der Waals surface area contributed by atoms with Crippen molar-refractivity contribution in [3.8, 4) is 0 Å². The fraction of sp³-hybridized carbons (Fsp3) is 0.158. The minimum absolute atomic E-state index is 0.178. The number of anilines is 1. The second kappa shape index (κ2) is 6.89. The Bertz CT molecular complexity index is 778. The van der Waals surface area contributed by atoms with Crippen LogP contribution in [0.1, 0.15) is 18.4 Å². The summed E-state index contributed by atoms with van der Waals surface area (Å²) >= 11 is 5.83. The van der Waals surface area contributed by atoms with Gasteiger partial charge in [0.05, 0.1) is 5.41 Å². The molecule has 0 radical (unpaired) electrons. The molecule has 0 spiro atoms. The lowest BCUT2D eigenvalue weighted by Gasteiger charge is -2.11. The van der Waals surface area contributed by atoms with Crippen molar-refractivity contribution in [2.75, 3.05) is 5.32 Å². The number of hydrogen-bond donors (Lipinski definition) is 2. The van der Waals surface area contributed by atoms with E-state index in [4.69, 9.17) is 17.3 Å². The molecule has 1 amide bonds. The Morgan fingerprint density at radius 3 is 2.42 bits per heavy atom. The van der Waals surface area contributed by atoms with E-state index in [1.165, 1.54) is 0 Å². The van der Waals surface area contributed by atoms with Gasteiger partial charge in [0.15, 0.2) is 0 Å². The first kappa shape index (κ1) is 16.3.